The molecule has 112 valence electrons. The minimum atomic E-state index is -0.678. The number of carbonyl (C=O) groups is 2. The monoisotopic (exact) mass is 280 g/mol. The van der Waals surface area contributed by atoms with Gasteiger partial charge in [0.2, 0.25) is 11.8 Å². The Hall–Kier alpha value is -1.10. The van der Waals surface area contributed by atoms with E-state index in [1.54, 1.807) is 0 Å². The first-order valence-electron chi connectivity index (χ1n) is 7.77. The summed E-state index contributed by atoms with van der Waals surface area (Å²) in [5, 5.41) is 3.00. The Morgan fingerprint density at radius 1 is 1.35 bits per heavy atom. The van der Waals surface area contributed by atoms with Gasteiger partial charge in [0, 0.05) is 19.1 Å². The van der Waals surface area contributed by atoms with Crippen LogP contribution in [0.25, 0.3) is 0 Å². The number of piperazine rings is 1. The third kappa shape index (κ3) is 2.22. The Morgan fingerprint density at radius 3 is 2.65 bits per heavy atom. The molecule has 0 bridgehead atoms. The van der Waals surface area contributed by atoms with Crippen LogP contribution in [0.2, 0.25) is 0 Å². The fraction of sp³-hybridized carbons (Fsp3) is 0.867. The highest BCUT2D eigenvalue weighted by Crippen LogP contribution is 2.42. The van der Waals surface area contributed by atoms with Gasteiger partial charge in [-0.15, -0.1) is 0 Å². The Balaban J connectivity index is 1.81. The van der Waals surface area contributed by atoms with E-state index in [0.717, 1.165) is 25.9 Å². The summed E-state index contributed by atoms with van der Waals surface area (Å²) in [6.45, 7) is 6.01. The molecule has 3 aliphatic rings. The maximum absolute atomic E-state index is 12.9. The number of hydrogen-bond donors (Lipinski definition) is 1. The second kappa shape index (κ2) is 5.02. The first-order chi connectivity index (χ1) is 9.56. The maximum atomic E-state index is 12.9. The van der Waals surface area contributed by atoms with Crippen LogP contribution in [0, 0.1) is 11.8 Å². The van der Waals surface area contributed by atoms with Crippen LogP contribution in [0.15, 0.2) is 0 Å². The SMILES string of the molecule is CCC1C(=O)NC(C)(C2CC2)C(=O)N1CC1CCOC1. The number of nitrogens with one attached hydrogen (secondary N) is 1. The van der Waals surface area contributed by atoms with Crippen molar-refractivity contribution in [3.63, 3.8) is 0 Å². The lowest BCUT2D eigenvalue weighted by atomic mass is 9.88. The van der Waals surface area contributed by atoms with E-state index in [1.807, 2.05) is 18.7 Å². The fourth-order valence-corrected chi connectivity index (χ4v) is 3.53. The zero-order valence-corrected chi connectivity index (χ0v) is 12.4. The van der Waals surface area contributed by atoms with E-state index >= 15 is 0 Å². The van der Waals surface area contributed by atoms with Gasteiger partial charge in [0.05, 0.1) is 6.61 Å². The number of amides is 2. The van der Waals surface area contributed by atoms with Crippen molar-refractivity contribution in [3.8, 4) is 0 Å². The van der Waals surface area contributed by atoms with Crippen molar-refractivity contribution in [3.05, 3.63) is 0 Å². The van der Waals surface area contributed by atoms with Crippen LogP contribution in [-0.4, -0.2) is 48.1 Å². The number of nitrogens with zero attached hydrogens (tertiary/aromatic N) is 1. The van der Waals surface area contributed by atoms with E-state index in [-0.39, 0.29) is 17.9 Å². The van der Waals surface area contributed by atoms with Gasteiger partial charge in [-0.25, -0.2) is 0 Å². The predicted octanol–water partition coefficient (Wildman–Crippen LogP) is 0.929. The van der Waals surface area contributed by atoms with E-state index in [4.69, 9.17) is 4.74 Å². The second-order valence-electron chi connectivity index (χ2n) is 6.58. The van der Waals surface area contributed by atoms with E-state index in [0.29, 0.717) is 31.4 Å². The molecule has 5 heteroatoms. The van der Waals surface area contributed by atoms with Crippen molar-refractivity contribution < 1.29 is 14.3 Å². The highest BCUT2D eigenvalue weighted by Gasteiger charge is 2.55. The van der Waals surface area contributed by atoms with E-state index in [1.165, 1.54) is 0 Å². The zero-order valence-electron chi connectivity index (χ0n) is 12.4. The summed E-state index contributed by atoms with van der Waals surface area (Å²) in [4.78, 5) is 27.1. The predicted molar refractivity (Wildman–Crippen MR) is 74.0 cm³/mol. The van der Waals surface area contributed by atoms with Gasteiger partial charge >= 0.3 is 0 Å². The molecule has 2 saturated heterocycles. The lowest BCUT2D eigenvalue weighted by Crippen LogP contribution is -2.70. The van der Waals surface area contributed by atoms with Crippen LogP contribution in [0.5, 0.6) is 0 Å². The molecule has 2 amide bonds. The first kappa shape index (κ1) is 13.9. The molecule has 3 rings (SSSR count). The fourth-order valence-electron chi connectivity index (χ4n) is 3.53. The first-order valence-corrected chi connectivity index (χ1v) is 7.77. The van der Waals surface area contributed by atoms with E-state index in [9.17, 15) is 9.59 Å². The van der Waals surface area contributed by atoms with Crippen molar-refractivity contribution in [1.82, 2.24) is 10.2 Å². The van der Waals surface area contributed by atoms with E-state index in [2.05, 4.69) is 5.32 Å². The topological polar surface area (TPSA) is 58.6 Å². The van der Waals surface area contributed by atoms with Gasteiger partial charge in [-0.3, -0.25) is 9.59 Å². The molecule has 1 N–H and O–H groups in total. The molecule has 0 radical (unpaired) electrons. The molecular formula is C15H24N2O3. The van der Waals surface area contributed by atoms with Gasteiger partial charge in [-0.2, -0.15) is 0 Å². The molecule has 3 fully saturated rings. The number of hydrogen-bond acceptors (Lipinski definition) is 3. The maximum Gasteiger partial charge on any atom is 0.249 e. The Bertz CT molecular complexity index is 415. The normalized spacial score (nSPS) is 38.2. The standard InChI is InChI=1S/C15H24N2O3/c1-3-12-13(18)16-15(2,11-4-5-11)14(19)17(12)8-10-6-7-20-9-10/h10-12H,3-9H2,1-2H3,(H,16,18). The van der Waals surface area contributed by atoms with Crippen LogP contribution in [0.1, 0.15) is 39.5 Å². The summed E-state index contributed by atoms with van der Waals surface area (Å²) in [5.41, 5.74) is -0.678. The van der Waals surface area contributed by atoms with Crippen LogP contribution in [0.4, 0.5) is 0 Å². The molecule has 0 aromatic heterocycles. The third-order valence-electron chi connectivity index (χ3n) is 5.03. The zero-order chi connectivity index (χ0) is 14.3. The smallest absolute Gasteiger partial charge is 0.249 e. The molecule has 1 saturated carbocycles. The van der Waals surface area contributed by atoms with Gasteiger partial charge in [0.1, 0.15) is 11.6 Å². The summed E-state index contributed by atoms with van der Waals surface area (Å²) >= 11 is 0. The van der Waals surface area contributed by atoms with E-state index < -0.39 is 5.54 Å². The molecule has 5 nitrogen and oxygen atoms in total. The third-order valence-corrected chi connectivity index (χ3v) is 5.03. The van der Waals surface area contributed by atoms with Crippen LogP contribution >= 0.6 is 0 Å². The van der Waals surface area contributed by atoms with Crippen molar-refractivity contribution in [2.75, 3.05) is 19.8 Å². The van der Waals surface area contributed by atoms with Gasteiger partial charge in [-0.05, 0) is 38.5 Å². The van der Waals surface area contributed by atoms with Crippen molar-refractivity contribution in [2.45, 2.75) is 51.1 Å². The molecule has 3 unspecified atom stereocenters. The Labute approximate surface area is 120 Å². The Kier molecular flexibility index (Phi) is 3.48. The van der Waals surface area contributed by atoms with Crippen molar-refractivity contribution in [2.24, 2.45) is 11.8 Å². The summed E-state index contributed by atoms with van der Waals surface area (Å²) in [5.74, 6) is 0.820. The summed E-state index contributed by atoms with van der Waals surface area (Å²) < 4.78 is 5.40. The summed E-state index contributed by atoms with van der Waals surface area (Å²) in [6.07, 6.45) is 3.74. The molecule has 2 aliphatic heterocycles. The number of rotatable bonds is 4. The minimum Gasteiger partial charge on any atom is -0.381 e. The molecule has 0 spiro atoms. The lowest BCUT2D eigenvalue weighted by molar-refractivity contribution is -0.156. The molecular weight excluding hydrogens is 256 g/mol. The quantitative estimate of drug-likeness (QED) is 0.833. The summed E-state index contributed by atoms with van der Waals surface area (Å²) in [6, 6.07) is -0.310. The summed E-state index contributed by atoms with van der Waals surface area (Å²) in [7, 11) is 0. The number of ether oxygens (including phenoxy) is 1. The molecule has 0 aromatic carbocycles. The average molecular weight is 280 g/mol. The van der Waals surface area contributed by atoms with Gasteiger partial charge in [0.15, 0.2) is 0 Å². The van der Waals surface area contributed by atoms with Gasteiger partial charge in [0.25, 0.3) is 0 Å². The van der Waals surface area contributed by atoms with Gasteiger partial charge in [-0.1, -0.05) is 6.92 Å². The Morgan fingerprint density at radius 2 is 2.10 bits per heavy atom. The highest BCUT2D eigenvalue weighted by atomic mass is 16.5. The molecule has 2 heterocycles. The lowest BCUT2D eigenvalue weighted by Gasteiger charge is -2.45. The van der Waals surface area contributed by atoms with Crippen molar-refractivity contribution in [1.29, 1.82) is 0 Å². The molecule has 20 heavy (non-hydrogen) atoms. The average Bonchev–Trinajstić information content (AvgIpc) is 3.16. The largest absolute Gasteiger partial charge is 0.381 e. The molecule has 1 aliphatic carbocycles. The van der Waals surface area contributed by atoms with Crippen LogP contribution < -0.4 is 5.32 Å². The van der Waals surface area contributed by atoms with Gasteiger partial charge < -0.3 is 15.0 Å². The highest BCUT2D eigenvalue weighted by molar-refractivity contribution is 6.00. The van der Waals surface area contributed by atoms with Crippen molar-refractivity contribution >= 4 is 11.8 Å². The second-order valence-corrected chi connectivity index (χ2v) is 6.58. The number of carbonyl (C=O) groups excluding carboxylic acids is 2. The van der Waals surface area contributed by atoms with Crippen LogP contribution in [0.3, 0.4) is 0 Å². The molecule has 3 atom stereocenters. The minimum absolute atomic E-state index is 0.0143. The molecule has 0 aromatic rings. The van der Waals surface area contributed by atoms with Crippen LogP contribution in [-0.2, 0) is 14.3 Å².